The van der Waals surface area contributed by atoms with Gasteiger partial charge in [0, 0.05) is 35.3 Å². The van der Waals surface area contributed by atoms with Gasteiger partial charge in [0.25, 0.3) is 0 Å². The average molecular weight is 465 g/mol. The summed E-state index contributed by atoms with van der Waals surface area (Å²) < 4.78 is 11.0. The van der Waals surface area contributed by atoms with E-state index in [1.165, 1.54) is 10.4 Å². The van der Waals surface area contributed by atoms with Crippen molar-refractivity contribution in [3.8, 4) is 5.75 Å². The van der Waals surface area contributed by atoms with E-state index in [2.05, 4.69) is 25.5 Å². The maximum atomic E-state index is 13.1. The van der Waals surface area contributed by atoms with Crippen LogP contribution in [0.4, 0.5) is 11.5 Å². The summed E-state index contributed by atoms with van der Waals surface area (Å²) in [6.07, 6.45) is 5.82. The Kier molecular flexibility index (Phi) is 5.11. The number of amides is 1. The first-order chi connectivity index (χ1) is 16.2. The van der Waals surface area contributed by atoms with E-state index in [9.17, 15) is 4.79 Å². The van der Waals surface area contributed by atoms with Gasteiger partial charge < -0.3 is 19.7 Å². The van der Waals surface area contributed by atoms with Gasteiger partial charge in [0.15, 0.2) is 0 Å². The summed E-state index contributed by atoms with van der Waals surface area (Å²) in [4.78, 5) is 26.3. The topological polar surface area (TPSA) is 105 Å². The van der Waals surface area contributed by atoms with E-state index in [0.717, 1.165) is 51.9 Å². The largest absolute Gasteiger partial charge is 0.494 e. The third kappa shape index (κ3) is 3.59. The quantitative estimate of drug-likeness (QED) is 0.477. The highest BCUT2D eigenvalue weighted by atomic mass is 32.1. The molecule has 0 unspecified atom stereocenters. The molecule has 4 aromatic rings. The molecule has 1 amide bonds. The molecule has 0 saturated carbocycles. The van der Waals surface area contributed by atoms with Crippen LogP contribution < -0.4 is 10.1 Å². The molecule has 1 atom stereocenters. The van der Waals surface area contributed by atoms with E-state index in [0.29, 0.717) is 32.1 Å². The summed E-state index contributed by atoms with van der Waals surface area (Å²) in [5.41, 5.74) is 2.99. The number of nitrogens with one attached hydrogen (secondary N) is 2. The first-order valence-electron chi connectivity index (χ1n) is 11.1. The number of thiophene rings is 1. The first-order valence-corrected chi connectivity index (χ1v) is 11.9. The number of fused-ring (bicyclic) bond motifs is 4. The summed E-state index contributed by atoms with van der Waals surface area (Å²) in [5.74, 6) is 1.75. The third-order valence-corrected chi connectivity index (χ3v) is 7.69. The fourth-order valence-corrected chi connectivity index (χ4v) is 6.09. The van der Waals surface area contributed by atoms with Crippen LogP contribution in [0.2, 0.25) is 0 Å². The second kappa shape index (κ2) is 8.27. The molecule has 1 aromatic carbocycles. The lowest BCUT2D eigenvalue weighted by molar-refractivity contribution is -0.140. The Hall–Kier alpha value is -3.24. The standard InChI is InChI=1S/C23H24N6O3S/c1-31-18-10-16-14(11-26-28-16)8-17(18)27-21-20-15-3-2-13(23(30)29-4-6-32-7-5-29)9-19(15)33-22(20)25-12-24-21/h8,10-13H,2-7,9H2,1H3,(H,26,28)(H,24,25,27)/t13-/m0/s1. The van der Waals surface area contributed by atoms with Crippen molar-refractivity contribution < 1.29 is 14.3 Å². The van der Waals surface area contributed by atoms with Crippen molar-refractivity contribution in [2.45, 2.75) is 19.3 Å². The Bertz CT molecular complexity index is 1340. The molecule has 1 saturated heterocycles. The van der Waals surface area contributed by atoms with Crippen LogP contribution in [0.3, 0.4) is 0 Å². The number of hydrogen-bond acceptors (Lipinski definition) is 8. The number of ether oxygens (including phenoxy) is 2. The molecule has 3 aromatic heterocycles. The van der Waals surface area contributed by atoms with Crippen LogP contribution >= 0.6 is 11.3 Å². The highest BCUT2D eigenvalue weighted by molar-refractivity contribution is 7.19. The van der Waals surface area contributed by atoms with Gasteiger partial charge in [-0.05, 0) is 30.9 Å². The number of carbonyl (C=O) groups excluding carboxylic acids is 1. The van der Waals surface area contributed by atoms with Gasteiger partial charge in [-0.1, -0.05) is 0 Å². The van der Waals surface area contributed by atoms with E-state index in [4.69, 9.17) is 9.47 Å². The molecule has 170 valence electrons. The number of benzene rings is 1. The Labute approximate surface area is 194 Å². The molecular weight excluding hydrogens is 440 g/mol. The summed E-state index contributed by atoms with van der Waals surface area (Å²) in [6.45, 7) is 2.64. The molecule has 1 fully saturated rings. The van der Waals surface area contributed by atoms with Crippen LogP contribution in [0.15, 0.2) is 24.7 Å². The molecule has 0 spiro atoms. The molecular formula is C23H24N6O3S. The molecule has 0 radical (unpaired) electrons. The molecule has 2 aliphatic rings. The summed E-state index contributed by atoms with van der Waals surface area (Å²) in [7, 11) is 1.65. The van der Waals surface area contributed by atoms with E-state index >= 15 is 0 Å². The number of morpholine rings is 1. The lowest BCUT2D eigenvalue weighted by Crippen LogP contribution is -2.44. The van der Waals surface area contributed by atoms with E-state index in [-0.39, 0.29) is 11.8 Å². The van der Waals surface area contributed by atoms with Crippen molar-refractivity contribution in [3.05, 3.63) is 35.1 Å². The minimum absolute atomic E-state index is 0.0247. The highest BCUT2D eigenvalue weighted by Gasteiger charge is 2.32. The number of nitrogens with zero attached hydrogens (tertiary/aromatic N) is 4. The van der Waals surface area contributed by atoms with E-state index < -0.39 is 0 Å². The molecule has 33 heavy (non-hydrogen) atoms. The van der Waals surface area contributed by atoms with Crippen molar-refractivity contribution in [2.75, 3.05) is 38.7 Å². The smallest absolute Gasteiger partial charge is 0.226 e. The summed E-state index contributed by atoms with van der Waals surface area (Å²) >= 11 is 1.67. The Morgan fingerprint density at radius 1 is 1.30 bits per heavy atom. The number of rotatable bonds is 4. The minimum Gasteiger partial charge on any atom is -0.494 e. The number of anilines is 2. The first kappa shape index (κ1) is 20.4. The molecule has 0 bridgehead atoms. The zero-order valence-corrected chi connectivity index (χ0v) is 19.1. The number of aromatic amines is 1. The van der Waals surface area contributed by atoms with E-state index in [1.54, 1.807) is 31.0 Å². The van der Waals surface area contributed by atoms with Crippen LogP contribution in [-0.2, 0) is 22.4 Å². The monoisotopic (exact) mass is 464 g/mol. The Morgan fingerprint density at radius 3 is 3.03 bits per heavy atom. The maximum absolute atomic E-state index is 13.1. The van der Waals surface area contributed by atoms with E-state index in [1.807, 2.05) is 17.0 Å². The number of aromatic nitrogens is 4. The van der Waals surface area contributed by atoms with Crippen LogP contribution in [0.1, 0.15) is 16.9 Å². The van der Waals surface area contributed by atoms with Crippen molar-refractivity contribution in [1.82, 2.24) is 25.1 Å². The van der Waals surface area contributed by atoms with Crippen LogP contribution in [0.25, 0.3) is 21.1 Å². The molecule has 1 aliphatic heterocycles. The second-order valence-corrected chi connectivity index (χ2v) is 9.50. The predicted octanol–water partition coefficient (Wildman–Crippen LogP) is 3.28. The van der Waals surface area contributed by atoms with Gasteiger partial charge in [0.2, 0.25) is 5.91 Å². The summed E-state index contributed by atoms with van der Waals surface area (Å²) in [5, 5.41) is 12.6. The van der Waals surface area contributed by atoms with Crippen molar-refractivity contribution in [2.24, 2.45) is 5.92 Å². The molecule has 9 nitrogen and oxygen atoms in total. The van der Waals surface area contributed by atoms with Crippen LogP contribution in [-0.4, -0.2) is 64.4 Å². The van der Waals surface area contributed by atoms with Gasteiger partial charge in [0.05, 0.1) is 43.1 Å². The number of H-pyrrole nitrogens is 1. The molecule has 4 heterocycles. The zero-order chi connectivity index (χ0) is 22.4. The third-order valence-electron chi connectivity index (χ3n) is 6.53. The van der Waals surface area contributed by atoms with Crippen LogP contribution in [0, 0.1) is 5.92 Å². The lowest BCUT2D eigenvalue weighted by atomic mass is 9.86. The highest BCUT2D eigenvalue weighted by Crippen LogP contribution is 2.42. The average Bonchev–Trinajstić information content (AvgIpc) is 3.47. The number of hydrogen-bond donors (Lipinski definition) is 2. The van der Waals surface area contributed by atoms with Gasteiger partial charge in [-0.25, -0.2) is 9.97 Å². The second-order valence-electron chi connectivity index (χ2n) is 8.42. The number of methoxy groups -OCH3 is 1. The lowest BCUT2D eigenvalue weighted by Gasteiger charge is -2.31. The van der Waals surface area contributed by atoms with Crippen molar-refractivity contribution in [1.29, 1.82) is 0 Å². The van der Waals surface area contributed by atoms with Crippen molar-refractivity contribution in [3.63, 3.8) is 0 Å². The van der Waals surface area contributed by atoms with Crippen LogP contribution in [0.5, 0.6) is 5.75 Å². The fourth-order valence-electron chi connectivity index (χ4n) is 4.82. The minimum atomic E-state index is 0.0247. The van der Waals surface area contributed by atoms with Gasteiger partial charge in [-0.15, -0.1) is 11.3 Å². The summed E-state index contributed by atoms with van der Waals surface area (Å²) in [6, 6.07) is 3.93. The number of carbonyl (C=O) groups is 1. The predicted molar refractivity (Wildman–Crippen MR) is 126 cm³/mol. The molecule has 2 N–H and O–H groups in total. The zero-order valence-electron chi connectivity index (χ0n) is 18.3. The van der Waals surface area contributed by atoms with Crippen molar-refractivity contribution >= 4 is 49.9 Å². The molecule has 10 heteroatoms. The molecule has 1 aliphatic carbocycles. The SMILES string of the molecule is COc1cc2[nH]ncc2cc1Nc1ncnc2sc3c(c12)CC[C@H](C(=O)N1CCOCC1)C3. The van der Waals surface area contributed by atoms with Gasteiger partial charge in [0.1, 0.15) is 22.7 Å². The van der Waals surface area contributed by atoms with Gasteiger partial charge >= 0.3 is 0 Å². The van der Waals surface area contributed by atoms with Gasteiger partial charge in [-0.2, -0.15) is 5.10 Å². The molecule has 6 rings (SSSR count). The maximum Gasteiger partial charge on any atom is 0.226 e. The normalized spacial score (nSPS) is 18.5. The number of aryl methyl sites for hydroxylation is 1. The fraction of sp³-hybridized carbons (Fsp3) is 0.391. The Morgan fingerprint density at radius 2 is 2.18 bits per heavy atom. The Balaban J connectivity index is 1.32. The van der Waals surface area contributed by atoms with Gasteiger partial charge in [-0.3, -0.25) is 9.89 Å².